The zero-order valence-corrected chi connectivity index (χ0v) is 12.8. The normalized spacial score (nSPS) is 30.2. The molecule has 1 saturated heterocycles. The Bertz CT molecular complexity index is 248. The maximum atomic E-state index is 3.83. The molecule has 0 aromatic carbocycles. The van der Waals surface area contributed by atoms with Gasteiger partial charge in [-0.05, 0) is 70.4 Å². The van der Waals surface area contributed by atoms with Crippen LogP contribution in [0.25, 0.3) is 0 Å². The number of hydrogen-bond acceptors (Lipinski definition) is 2. The minimum absolute atomic E-state index is 0.597. The highest BCUT2D eigenvalue weighted by Crippen LogP contribution is 2.35. The van der Waals surface area contributed by atoms with Gasteiger partial charge in [-0.25, -0.2) is 0 Å². The fourth-order valence-electron chi connectivity index (χ4n) is 3.43. The van der Waals surface area contributed by atoms with E-state index in [-0.39, 0.29) is 0 Å². The van der Waals surface area contributed by atoms with E-state index in [1.165, 1.54) is 51.7 Å². The van der Waals surface area contributed by atoms with Crippen molar-refractivity contribution in [3.05, 3.63) is 0 Å². The monoisotopic (exact) mass is 252 g/mol. The molecule has 0 bridgehead atoms. The summed E-state index contributed by atoms with van der Waals surface area (Å²) in [7, 11) is 0. The van der Waals surface area contributed by atoms with Crippen molar-refractivity contribution in [1.82, 2.24) is 10.2 Å². The lowest BCUT2D eigenvalue weighted by molar-refractivity contribution is 0.201. The third kappa shape index (κ3) is 3.96. The largest absolute Gasteiger partial charge is 0.314 e. The van der Waals surface area contributed by atoms with Crippen LogP contribution < -0.4 is 5.32 Å². The van der Waals surface area contributed by atoms with Gasteiger partial charge in [-0.2, -0.15) is 0 Å². The van der Waals surface area contributed by atoms with Crippen LogP contribution in [0.5, 0.6) is 0 Å². The van der Waals surface area contributed by atoms with Gasteiger partial charge in [-0.15, -0.1) is 0 Å². The van der Waals surface area contributed by atoms with Crippen LogP contribution in [-0.4, -0.2) is 36.6 Å². The Balaban J connectivity index is 1.64. The van der Waals surface area contributed by atoms with Crippen LogP contribution in [-0.2, 0) is 0 Å². The van der Waals surface area contributed by atoms with Crippen LogP contribution in [0.3, 0.4) is 0 Å². The summed E-state index contributed by atoms with van der Waals surface area (Å²) in [5.74, 6) is 0.891. The molecule has 0 aromatic heterocycles. The van der Waals surface area contributed by atoms with Crippen molar-refractivity contribution in [2.75, 3.05) is 19.6 Å². The van der Waals surface area contributed by atoms with Gasteiger partial charge in [0.2, 0.25) is 0 Å². The van der Waals surface area contributed by atoms with Gasteiger partial charge in [0.1, 0.15) is 0 Å². The maximum absolute atomic E-state index is 3.83. The van der Waals surface area contributed by atoms with E-state index in [1.54, 1.807) is 0 Å². The van der Waals surface area contributed by atoms with Crippen molar-refractivity contribution < 1.29 is 0 Å². The molecule has 2 heteroatoms. The van der Waals surface area contributed by atoms with Crippen molar-refractivity contribution in [2.24, 2.45) is 11.3 Å². The van der Waals surface area contributed by atoms with Gasteiger partial charge in [0, 0.05) is 18.6 Å². The summed E-state index contributed by atoms with van der Waals surface area (Å²) < 4.78 is 0. The molecule has 2 fully saturated rings. The first kappa shape index (κ1) is 14.3. The average Bonchev–Trinajstić information content (AvgIpc) is 2.76. The molecule has 1 atom stereocenters. The minimum atomic E-state index is 0.597. The SMILES string of the molecule is CC(C)N1CCC(CNC2CCC(C)(C)CC2)C1. The standard InChI is InChI=1S/C16H32N2/c1-13(2)18-10-7-14(12-18)11-17-15-5-8-16(3,4)9-6-15/h13-15,17H,5-12H2,1-4H3. The zero-order chi connectivity index (χ0) is 13.2. The van der Waals surface area contributed by atoms with Crippen molar-refractivity contribution in [3.8, 4) is 0 Å². The fraction of sp³-hybridized carbons (Fsp3) is 1.00. The maximum Gasteiger partial charge on any atom is 0.00675 e. The van der Waals surface area contributed by atoms with Crippen LogP contribution in [0.4, 0.5) is 0 Å². The van der Waals surface area contributed by atoms with Gasteiger partial charge < -0.3 is 10.2 Å². The van der Waals surface area contributed by atoms with Gasteiger partial charge >= 0.3 is 0 Å². The number of nitrogens with zero attached hydrogens (tertiary/aromatic N) is 1. The molecule has 1 aliphatic carbocycles. The average molecular weight is 252 g/mol. The molecule has 106 valence electrons. The molecule has 1 heterocycles. The molecule has 2 nitrogen and oxygen atoms in total. The first-order chi connectivity index (χ1) is 8.46. The number of hydrogen-bond donors (Lipinski definition) is 1. The second kappa shape index (κ2) is 5.92. The molecule has 0 amide bonds. The first-order valence-corrected chi connectivity index (χ1v) is 7.94. The molecule has 2 rings (SSSR count). The third-order valence-electron chi connectivity index (χ3n) is 5.08. The Kier molecular flexibility index (Phi) is 4.71. The topological polar surface area (TPSA) is 15.3 Å². The van der Waals surface area contributed by atoms with E-state index in [9.17, 15) is 0 Å². The number of rotatable bonds is 4. The van der Waals surface area contributed by atoms with Gasteiger partial charge in [0.05, 0.1) is 0 Å². The molecule has 2 aliphatic rings. The summed E-state index contributed by atoms with van der Waals surface area (Å²) in [6.07, 6.45) is 6.95. The Morgan fingerprint density at radius 1 is 1.17 bits per heavy atom. The van der Waals surface area contributed by atoms with Gasteiger partial charge in [-0.3, -0.25) is 0 Å². The summed E-state index contributed by atoms with van der Waals surface area (Å²) in [5, 5.41) is 3.83. The van der Waals surface area contributed by atoms with Crippen molar-refractivity contribution in [3.63, 3.8) is 0 Å². The highest BCUT2D eigenvalue weighted by molar-refractivity contribution is 4.84. The summed E-state index contributed by atoms with van der Waals surface area (Å²) in [6, 6.07) is 1.52. The molecule has 1 aliphatic heterocycles. The summed E-state index contributed by atoms with van der Waals surface area (Å²) in [5.41, 5.74) is 0.597. The minimum Gasteiger partial charge on any atom is -0.314 e. The molecule has 0 radical (unpaired) electrons. The van der Waals surface area contributed by atoms with Crippen molar-refractivity contribution in [1.29, 1.82) is 0 Å². The fourth-order valence-corrected chi connectivity index (χ4v) is 3.43. The molecule has 1 unspecified atom stereocenters. The third-order valence-corrected chi connectivity index (χ3v) is 5.08. The molecule has 0 aromatic rings. The highest BCUT2D eigenvalue weighted by atomic mass is 15.2. The number of likely N-dealkylation sites (tertiary alicyclic amines) is 1. The Hall–Kier alpha value is -0.0800. The van der Waals surface area contributed by atoms with Gasteiger partial charge in [0.15, 0.2) is 0 Å². The second-order valence-corrected chi connectivity index (χ2v) is 7.59. The molecule has 1 saturated carbocycles. The molecule has 1 N–H and O–H groups in total. The van der Waals surface area contributed by atoms with E-state index >= 15 is 0 Å². The second-order valence-electron chi connectivity index (χ2n) is 7.59. The number of nitrogens with one attached hydrogen (secondary N) is 1. The molecular weight excluding hydrogens is 220 g/mol. The van der Waals surface area contributed by atoms with Crippen LogP contribution in [0, 0.1) is 11.3 Å². The van der Waals surface area contributed by atoms with E-state index < -0.39 is 0 Å². The van der Waals surface area contributed by atoms with Crippen LogP contribution >= 0.6 is 0 Å². The van der Waals surface area contributed by atoms with Crippen LogP contribution in [0.2, 0.25) is 0 Å². The van der Waals surface area contributed by atoms with E-state index in [2.05, 4.69) is 37.9 Å². The predicted molar refractivity (Wildman–Crippen MR) is 78.9 cm³/mol. The molecular formula is C16H32N2. The smallest absolute Gasteiger partial charge is 0.00675 e. The predicted octanol–water partition coefficient (Wildman–Crippen LogP) is 3.28. The Labute approximate surface area is 114 Å². The zero-order valence-electron chi connectivity index (χ0n) is 12.8. The first-order valence-electron chi connectivity index (χ1n) is 7.94. The van der Waals surface area contributed by atoms with E-state index in [4.69, 9.17) is 0 Å². The van der Waals surface area contributed by atoms with Gasteiger partial charge in [0.25, 0.3) is 0 Å². The Morgan fingerprint density at radius 2 is 1.83 bits per heavy atom. The van der Waals surface area contributed by atoms with Crippen molar-refractivity contribution >= 4 is 0 Å². The Morgan fingerprint density at radius 3 is 2.39 bits per heavy atom. The van der Waals surface area contributed by atoms with E-state index in [0.717, 1.165) is 18.0 Å². The van der Waals surface area contributed by atoms with E-state index in [1.807, 2.05) is 0 Å². The summed E-state index contributed by atoms with van der Waals surface area (Å²) >= 11 is 0. The van der Waals surface area contributed by atoms with E-state index in [0.29, 0.717) is 5.41 Å². The molecule has 18 heavy (non-hydrogen) atoms. The summed E-state index contributed by atoms with van der Waals surface area (Å²) in [4.78, 5) is 2.62. The molecule has 0 spiro atoms. The quantitative estimate of drug-likeness (QED) is 0.826. The lowest BCUT2D eigenvalue weighted by Gasteiger charge is -2.35. The summed E-state index contributed by atoms with van der Waals surface area (Å²) in [6.45, 7) is 13.3. The lowest BCUT2D eigenvalue weighted by Crippen LogP contribution is -2.39. The highest BCUT2D eigenvalue weighted by Gasteiger charge is 2.28. The van der Waals surface area contributed by atoms with Crippen LogP contribution in [0.1, 0.15) is 59.8 Å². The lowest BCUT2D eigenvalue weighted by atomic mass is 9.75. The van der Waals surface area contributed by atoms with Crippen molar-refractivity contribution in [2.45, 2.75) is 71.9 Å². The van der Waals surface area contributed by atoms with Crippen LogP contribution in [0.15, 0.2) is 0 Å². The van der Waals surface area contributed by atoms with Gasteiger partial charge in [-0.1, -0.05) is 13.8 Å².